The summed E-state index contributed by atoms with van der Waals surface area (Å²) in [6.45, 7) is 20.1. The van der Waals surface area contributed by atoms with Crippen molar-refractivity contribution in [2.75, 3.05) is 0 Å². The number of halogens is 1. The van der Waals surface area contributed by atoms with Gasteiger partial charge in [0, 0.05) is 40.0 Å². The van der Waals surface area contributed by atoms with Crippen molar-refractivity contribution in [3.63, 3.8) is 0 Å². The molecule has 0 aromatic heterocycles. The molecule has 0 fully saturated rings. The van der Waals surface area contributed by atoms with Crippen LogP contribution in [0.25, 0.3) is 23.3 Å². The van der Waals surface area contributed by atoms with E-state index in [1.807, 2.05) is 0 Å². The minimum Gasteiger partial charge on any atom is -0.423 e. The maximum Gasteiger partial charge on any atom is 0.338 e. The zero-order chi connectivity index (χ0) is 33.4. The van der Waals surface area contributed by atoms with Gasteiger partial charge in [-0.2, -0.15) is 0 Å². The summed E-state index contributed by atoms with van der Waals surface area (Å²) >= 11 is 0. The van der Waals surface area contributed by atoms with Gasteiger partial charge in [0.15, 0.2) is 11.6 Å². The van der Waals surface area contributed by atoms with Crippen LogP contribution in [-0.4, -0.2) is 23.9 Å². The Labute approximate surface area is 260 Å². The average molecular weight is 611 g/mol. The van der Waals surface area contributed by atoms with E-state index in [0.717, 1.165) is 6.07 Å². The van der Waals surface area contributed by atoms with Crippen LogP contribution in [0.5, 0.6) is 23.0 Å². The van der Waals surface area contributed by atoms with Crippen LogP contribution < -0.4 is 18.9 Å². The van der Waals surface area contributed by atoms with Crippen LogP contribution in [0.15, 0.2) is 103 Å². The number of hydrogen-bond donors (Lipinski definition) is 0. The lowest BCUT2D eigenvalue weighted by atomic mass is 10.0. The first-order valence-corrected chi connectivity index (χ1v) is 13.4. The molecule has 0 heterocycles. The quantitative estimate of drug-likeness (QED) is 0.0947. The molecule has 230 valence electrons. The topological polar surface area (TPSA) is 105 Å². The fourth-order valence-corrected chi connectivity index (χ4v) is 3.45. The summed E-state index contributed by atoms with van der Waals surface area (Å²) in [7, 11) is 0. The Morgan fingerprint density at radius 2 is 0.978 bits per heavy atom. The molecule has 45 heavy (non-hydrogen) atoms. The summed E-state index contributed by atoms with van der Waals surface area (Å²) in [6.07, 6.45) is 3.02. The summed E-state index contributed by atoms with van der Waals surface area (Å²) in [4.78, 5) is 48.4. The number of rotatable bonds is 11. The van der Waals surface area contributed by atoms with Crippen molar-refractivity contribution in [2.45, 2.75) is 27.7 Å². The minimum absolute atomic E-state index is 0.0217. The summed E-state index contributed by atoms with van der Waals surface area (Å²) in [5.74, 6) is -3.95. The number of ether oxygens (including phenoxy) is 4. The molecule has 0 atom stereocenters. The Balaban J connectivity index is 1.96. The van der Waals surface area contributed by atoms with Gasteiger partial charge in [0.25, 0.3) is 0 Å². The second-order valence-electron chi connectivity index (χ2n) is 10.2. The van der Waals surface area contributed by atoms with Crippen LogP contribution in [0.3, 0.4) is 0 Å². The third-order valence-corrected chi connectivity index (χ3v) is 5.85. The highest BCUT2D eigenvalue weighted by Crippen LogP contribution is 2.32. The number of esters is 4. The summed E-state index contributed by atoms with van der Waals surface area (Å²) in [5, 5.41) is 0. The Hall–Kier alpha value is -5.83. The lowest BCUT2D eigenvalue weighted by molar-refractivity contribution is -0.131. The number of carbonyl (C=O) groups excluding carboxylic acids is 4. The van der Waals surface area contributed by atoms with Gasteiger partial charge in [0.1, 0.15) is 17.2 Å². The second-order valence-corrected chi connectivity index (χ2v) is 10.2. The molecule has 0 amide bonds. The largest absolute Gasteiger partial charge is 0.423 e. The minimum atomic E-state index is -0.856. The van der Waals surface area contributed by atoms with E-state index in [1.165, 1.54) is 45.9 Å². The maximum absolute atomic E-state index is 15.3. The molecule has 0 saturated heterocycles. The van der Waals surface area contributed by atoms with Crippen LogP contribution in [0.1, 0.15) is 38.8 Å². The van der Waals surface area contributed by atoms with E-state index in [2.05, 4.69) is 26.3 Å². The van der Waals surface area contributed by atoms with Crippen molar-refractivity contribution >= 4 is 36.0 Å². The molecule has 0 unspecified atom stereocenters. The highest BCUT2D eigenvalue weighted by atomic mass is 19.1. The van der Waals surface area contributed by atoms with Crippen molar-refractivity contribution in [2.24, 2.45) is 0 Å². The Kier molecular flexibility index (Phi) is 10.9. The SMILES string of the molecule is C=C(C)C(=O)Oc1cc(OC(=O)C(=C)C)cc(-c2ccc(C=Cc3cc(OC(=O)C(=C)C)cc(OC(=O)C(=C)C)c3F)cc2)c1. The molecule has 0 aliphatic rings. The molecule has 0 saturated carbocycles. The highest BCUT2D eigenvalue weighted by Gasteiger charge is 2.18. The molecule has 3 rings (SSSR count). The van der Waals surface area contributed by atoms with Gasteiger partial charge in [-0.25, -0.2) is 23.6 Å². The van der Waals surface area contributed by atoms with Crippen LogP contribution in [0.4, 0.5) is 4.39 Å². The molecule has 3 aromatic rings. The van der Waals surface area contributed by atoms with Gasteiger partial charge < -0.3 is 18.9 Å². The molecule has 0 radical (unpaired) electrons. The first kappa shape index (κ1) is 33.7. The number of benzene rings is 3. The number of hydrogen-bond acceptors (Lipinski definition) is 8. The summed E-state index contributed by atoms with van der Waals surface area (Å²) < 4.78 is 36.4. The molecule has 0 aliphatic carbocycles. The first-order chi connectivity index (χ1) is 21.1. The van der Waals surface area contributed by atoms with E-state index >= 15 is 4.39 Å². The van der Waals surface area contributed by atoms with E-state index in [9.17, 15) is 19.2 Å². The van der Waals surface area contributed by atoms with Crippen molar-refractivity contribution in [1.82, 2.24) is 0 Å². The predicted octanol–water partition coefficient (Wildman–Crippen LogP) is 7.59. The zero-order valence-electron chi connectivity index (χ0n) is 25.3. The standard InChI is InChI=1S/C36H31FO8/c1-20(2)33(38)42-28-16-27(17-29(18-28)43-34(39)21(3)4)25-12-9-24(10-13-25)11-14-26-15-30(44-35(40)22(5)6)19-31(32(26)37)45-36(41)23(7)8/h9-19H,1,3,5,7H2,2,4,6,8H3. The van der Waals surface area contributed by atoms with Gasteiger partial charge in [-0.3, -0.25) is 0 Å². The average Bonchev–Trinajstić information content (AvgIpc) is 2.97. The van der Waals surface area contributed by atoms with Crippen LogP contribution in [-0.2, 0) is 19.2 Å². The molecular formula is C36H31FO8. The fraction of sp³-hybridized carbons (Fsp3) is 0.111. The lowest BCUT2D eigenvalue weighted by Gasteiger charge is -2.12. The van der Waals surface area contributed by atoms with E-state index < -0.39 is 35.4 Å². The van der Waals surface area contributed by atoms with Crippen molar-refractivity contribution in [1.29, 1.82) is 0 Å². The zero-order valence-corrected chi connectivity index (χ0v) is 25.3. The fourth-order valence-electron chi connectivity index (χ4n) is 3.45. The van der Waals surface area contributed by atoms with Gasteiger partial charge >= 0.3 is 23.9 Å². The Morgan fingerprint density at radius 1 is 0.556 bits per heavy atom. The van der Waals surface area contributed by atoms with Gasteiger partial charge in [0.2, 0.25) is 0 Å². The first-order valence-electron chi connectivity index (χ1n) is 13.4. The molecule has 0 aliphatic heterocycles. The second kappa shape index (κ2) is 14.6. The molecule has 9 heteroatoms. The predicted molar refractivity (Wildman–Crippen MR) is 169 cm³/mol. The Morgan fingerprint density at radius 3 is 1.42 bits per heavy atom. The van der Waals surface area contributed by atoms with Gasteiger partial charge in [-0.15, -0.1) is 0 Å². The monoisotopic (exact) mass is 610 g/mol. The van der Waals surface area contributed by atoms with Gasteiger partial charge in [-0.1, -0.05) is 62.7 Å². The summed E-state index contributed by atoms with van der Waals surface area (Å²) in [6, 6.07) is 14.0. The Bertz CT molecular complexity index is 1730. The molecular weight excluding hydrogens is 579 g/mol. The molecule has 8 nitrogen and oxygen atoms in total. The molecule has 3 aromatic carbocycles. The lowest BCUT2D eigenvalue weighted by Crippen LogP contribution is -2.12. The van der Waals surface area contributed by atoms with Crippen molar-refractivity contribution in [3.05, 3.63) is 120 Å². The third kappa shape index (κ3) is 9.33. The highest BCUT2D eigenvalue weighted by molar-refractivity contribution is 5.91. The third-order valence-electron chi connectivity index (χ3n) is 5.85. The number of carbonyl (C=O) groups is 4. The van der Waals surface area contributed by atoms with Crippen LogP contribution in [0.2, 0.25) is 0 Å². The molecule has 0 N–H and O–H groups in total. The van der Waals surface area contributed by atoms with E-state index in [4.69, 9.17) is 18.9 Å². The summed E-state index contributed by atoms with van der Waals surface area (Å²) in [5.41, 5.74) is 2.44. The normalized spacial score (nSPS) is 10.5. The van der Waals surface area contributed by atoms with Crippen LogP contribution >= 0.6 is 0 Å². The van der Waals surface area contributed by atoms with E-state index in [-0.39, 0.29) is 45.1 Å². The van der Waals surface area contributed by atoms with Gasteiger partial charge in [0.05, 0.1) is 0 Å². The van der Waals surface area contributed by atoms with Crippen molar-refractivity contribution in [3.8, 4) is 34.1 Å². The molecule has 0 spiro atoms. The van der Waals surface area contributed by atoms with Crippen molar-refractivity contribution < 1.29 is 42.5 Å². The molecule has 0 bridgehead atoms. The maximum atomic E-state index is 15.3. The van der Waals surface area contributed by atoms with Crippen LogP contribution in [0, 0.1) is 5.82 Å². The van der Waals surface area contributed by atoms with E-state index in [0.29, 0.717) is 16.7 Å². The van der Waals surface area contributed by atoms with E-state index in [1.54, 1.807) is 42.5 Å². The van der Waals surface area contributed by atoms with Gasteiger partial charge in [-0.05, 0) is 62.6 Å². The smallest absolute Gasteiger partial charge is 0.338 e.